The first-order chi connectivity index (χ1) is 9.65. The molecule has 2 aromatic carbocycles. The average molecular weight is 287 g/mol. The molecular formula is C17H21NOS. The van der Waals surface area contributed by atoms with Gasteiger partial charge < -0.3 is 9.64 Å². The maximum atomic E-state index is 5.33. The number of nitrogens with zero attached hydrogens (tertiary/aromatic N) is 1. The van der Waals surface area contributed by atoms with Crippen molar-refractivity contribution >= 4 is 23.1 Å². The summed E-state index contributed by atoms with van der Waals surface area (Å²) >= 11 is 1.76. The maximum absolute atomic E-state index is 5.33. The van der Waals surface area contributed by atoms with E-state index >= 15 is 0 Å². The SMILES string of the molecule is COc1cccc(N(c2cccc(SC)c2)C(C)C)c1. The zero-order valence-electron chi connectivity index (χ0n) is 12.5. The Hall–Kier alpha value is -1.61. The monoisotopic (exact) mass is 287 g/mol. The Morgan fingerprint density at radius 3 is 2.25 bits per heavy atom. The molecule has 0 atom stereocenters. The van der Waals surface area contributed by atoms with E-state index in [0.29, 0.717) is 6.04 Å². The van der Waals surface area contributed by atoms with E-state index in [0.717, 1.165) is 11.4 Å². The van der Waals surface area contributed by atoms with Crippen molar-refractivity contribution in [3.8, 4) is 5.75 Å². The van der Waals surface area contributed by atoms with Crippen LogP contribution >= 0.6 is 11.8 Å². The zero-order chi connectivity index (χ0) is 14.5. The quantitative estimate of drug-likeness (QED) is 0.721. The Morgan fingerprint density at radius 1 is 1.00 bits per heavy atom. The second-order valence-electron chi connectivity index (χ2n) is 4.87. The molecule has 0 radical (unpaired) electrons. The van der Waals surface area contributed by atoms with Crippen molar-refractivity contribution in [3.05, 3.63) is 48.5 Å². The van der Waals surface area contributed by atoms with Crippen molar-refractivity contribution in [1.82, 2.24) is 0 Å². The predicted molar refractivity (Wildman–Crippen MR) is 88.5 cm³/mol. The Kier molecular flexibility index (Phi) is 4.96. The number of ether oxygens (including phenoxy) is 1. The van der Waals surface area contributed by atoms with E-state index in [9.17, 15) is 0 Å². The van der Waals surface area contributed by atoms with Crippen molar-refractivity contribution in [1.29, 1.82) is 0 Å². The van der Waals surface area contributed by atoms with Crippen LogP contribution in [0.4, 0.5) is 11.4 Å². The summed E-state index contributed by atoms with van der Waals surface area (Å²) in [4.78, 5) is 3.60. The third kappa shape index (κ3) is 3.28. The lowest BCUT2D eigenvalue weighted by molar-refractivity contribution is 0.415. The van der Waals surface area contributed by atoms with Crippen LogP contribution in [0.1, 0.15) is 13.8 Å². The Bertz CT molecular complexity index is 521. The number of benzene rings is 2. The van der Waals surface area contributed by atoms with E-state index in [2.05, 4.69) is 61.4 Å². The van der Waals surface area contributed by atoms with E-state index in [1.54, 1.807) is 18.9 Å². The number of thioether (sulfide) groups is 1. The van der Waals surface area contributed by atoms with Gasteiger partial charge in [-0.2, -0.15) is 0 Å². The highest BCUT2D eigenvalue weighted by atomic mass is 32.2. The van der Waals surface area contributed by atoms with Gasteiger partial charge in [-0.05, 0) is 50.4 Å². The molecule has 0 spiro atoms. The van der Waals surface area contributed by atoms with Gasteiger partial charge in [-0.1, -0.05) is 12.1 Å². The van der Waals surface area contributed by atoms with E-state index in [4.69, 9.17) is 4.74 Å². The maximum Gasteiger partial charge on any atom is 0.120 e. The van der Waals surface area contributed by atoms with Crippen LogP contribution in [-0.2, 0) is 0 Å². The fraction of sp³-hybridized carbons (Fsp3) is 0.294. The molecule has 3 heteroatoms. The van der Waals surface area contributed by atoms with Crippen molar-refractivity contribution in [2.75, 3.05) is 18.3 Å². The molecule has 0 heterocycles. The predicted octanol–water partition coefficient (Wildman–Crippen LogP) is 4.96. The third-order valence-corrected chi connectivity index (χ3v) is 3.90. The molecule has 0 aliphatic carbocycles. The van der Waals surface area contributed by atoms with Gasteiger partial charge in [0.2, 0.25) is 0 Å². The molecule has 0 saturated carbocycles. The molecule has 0 aliphatic rings. The van der Waals surface area contributed by atoms with Gasteiger partial charge in [0.25, 0.3) is 0 Å². The van der Waals surface area contributed by atoms with E-state index in [1.165, 1.54) is 10.6 Å². The van der Waals surface area contributed by atoms with Crippen LogP contribution < -0.4 is 9.64 Å². The lowest BCUT2D eigenvalue weighted by atomic mass is 10.2. The van der Waals surface area contributed by atoms with Gasteiger partial charge in [0.15, 0.2) is 0 Å². The highest BCUT2D eigenvalue weighted by Gasteiger charge is 2.14. The number of hydrogen-bond donors (Lipinski definition) is 0. The fourth-order valence-electron chi connectivity index (χ4n) is 2.27. The molecule has 106 valence electrons. The van der Waals surface area contributed by atoms with E-state index in [1.807, 2.05) is 12.1 Å². The highest BCUT2D eigenvalue weighted by molar-refractivity contribution is 7.98. The zero-order valence-corrected chi connectivity index (χ0v) is 13.3. The summed E-state index contributed by atoms with van der Waals surface area (Å²) in [7, 11) is 1.70. The van der Waals surface area contributed by atoms with Gasteiger partial charge in [-0.25, -0.2) is 0 Å². The topological polar surface area (TPSA) is 12.5 Å². The van der Waals surface area contributed by atoms with Crippen molar-refractivity contribution in [3.63, 3.8) is 0 Å². The molecule has 2 nitrogen and oxygen atoms in total. The molecule has 0 fully saturated rings. The van der Waals surface area contributed by atoms with Gasteiger partial charge >= 0.3 is 0 Å². The standard InChI is InChI=1S/C17H21NOS/c1-13(2)18(14-7-5-9-16(11-14)19-3)15-8-6-10-17(12-15)20-4/h5-13H,1-4H3. The van der Waals surface area contributed by atoms with Gasteiger partial charge in [0.05, 0.1) is 7.11 Å². The van der Waals surface area contributed by atoms with Crippen molar-refractivity contribution in [2.45, 2.75) is 24.8 Å². The minimum Gasteiger partial charge on any atom is -0.497 e. The second kappa shape index (κ2) is 6.71. The minimum atomic E-state index is 0.374. The number of hydrogen-bond acceptors (Lipinski definition) is 3. The van der Waals surface area contributed by atoms with Crippen LogP contribution in [0.3, 0.4) is 0 Å². The molecule has 0 aliphatic heterocycles. The second-order valence-corrected chi connectivity index (χ2v) is 5.75. The lowest BCUT2D eigenvalue weighted by Gasteiger charge is -2.29. The van der Waals surface area contributed by atoms with Gasteiger partial charge in [0.1, 0.15) is 5.75 Å². The molecular weight excluding hydrogens is 266 g/mol. The first-order valence-corrected chi connectivity index (χ1v) is 7.95. The fourth-order valence-corrected chi connectivity index (χ4v) is 2.72. The molecule has 2 rings (SSSR count). The third-order valence-electron chi connectivity index (χ3n) is 3.18. The summed E-state index contributed by atoms with van der Waals surface area (Å²) in [5.41, 5.74) is 2.36. The Labute approximate surface area is 125 Å². The number of methoxy groups -OCH3 is 1. The van der Waals surface area contributed by atoms with Crippen LogP contribution in [0.2, 0.25) is 0 Å². The van der Waals surface area contributed by atoms with Crippen LogP contribution in [0, 0.1) is 0 Å². The van der Waals surface area contributed by atoms with Crippen molar-refractivity contribution < 1.29 is 4.74 Å². The molecule has 20 heavy (non-hydrogen) atoms. The summed E-state index contributed by atoms with van der Waals surface area (Å²) in [6.45, 7) is 4.40. The van der Waals surface area contributed by atoms with Gasteiger partial charge in [0, 0.05) is 28.4 Å². The van der Waals surface area contributed by atoms with E-state index in [-0.39, 0.29) is 0 Å². The summed E-state index contributed by atoms with van der Waals surface area (Å²) in [6, 6.07) is 17.2. The van der Waals surface area contributed by atoms with Crippen LogP contribution in [0.25, 0.3) is 0 Å². The largest absolute Gasteiger partial charge is 0.497 e. The summed E-state index contributed by atoms with van der Waals surface area (Å²) in [6.07, 6.45) is 2.10. The molecule has 0 amide bonds. The minimum absolute atomic E-state index is 0.374. The first kappa shape index (κ1) is 14.8. The highest BCUT2D eigenvalue weighted by Crippen LogP contribution is 2.32. The van der Waals surface area contributed by atoms with E-state index < -0.39 is 0 Å². The molecule has 0 saturated heterocycles. The van der Waals surface area contributed by atoms with Gasteiger partial charge in [-0.15, -0.1) is 11.8 Å². The molecule has 0 N–H and O–H groups in total. The van der Waals surface area contributed by atoms with Crippen LogP contribution in [0.5, 0.6) is 5.75 Å². The normalized spacial score (nSPS) is 10.7. The molecule has 2 aromatic rings. The smallest absolute Gasteiger partial charge is 0.120 e. The first-order valence-electron chi connectivity index (χ1n) is 6.73. The number of anilines is 2. The molecule has 0 bridgehead atoms. The Morgan fingerprint density at radius 2 is 1.65 bits per heavy atom. The van der Waals surface area contributed by atoms with Crippen molar-refractivity contribution in [2.24, 2.45) is 0 Å². The van der Waals surface area contributed by atoms with Crippen LogP contribution in [-0.4, -0.2) is 19.4 Å². The Balaban J connectivity index is 2.44. The average Bonchev–Trinajstić information content (AvgIpc) is 2.47. The summed E-state index contributed by atoms with van der Waals surface area (Å²) in [5, 5.41) is 0. The lowest BCUT2D eigenvalue weighted by Crippen LogP contribution is -2.25. The van der Waals surface area contributed by atoms with Gasteiger partial charge in [-0.3, -0.25) is 0 Å². The molecule has 0 unspecified atom stereocenters. The summed E-state index contributed by atoms with van der Waals surface area (Å²) in [5.74, 6) is 0.883. The summed E-state index contributed by atoms with van der Waals surface area (Å²) < 4.78 is 5.33. The molecule has 0 aromatic heterocycles. The van der Waals surface area contributed by atoms with Crippen LogP contribution in [0.15, 0.2) is 53.4 Å². The number of rotatable bonds is 5.